The van der Waals surface area contributed by atoms with Crippen LogP contribution in [-0.2, 0) is 13.5 Å². The topological polar surface area (TPSA) is 49.2 Å². The predicted molar refractivity (Wildman–Crippen MR) is 108 cm³/mol. The van der Waals surface area contributed by atoms with Crippen molar-refractivity contribution in [3.05, 3.63) is 34.6 Å². The lowest BCUT2D eigenvalue weighted by molar-refractivity contribution is -0.274. The highest BCUT2D eigenvalue weighted by atomic mass is 79.9. The Morgan fingerprint density at radius 3 is 2.59 bits per heavy atom. The molecule has 0 aliphatic rings. The highest BCUT2D eigenvalue weighted by Gasteiger charge is 2.31. The van der Waals surface area contributed by atoms with E-state index in [-0.39, 0.29) is 11.5 Å². The van der Waals surface area contributed by atoms with Gasteiger partial charge in [0.15, 0.2) is 5.65 Å². The summed E-state index contributed by atoms with van der Waals surface area (Å²) in [5.41, 5.74) is 3.63. The summed E-state index contributed by atoms with van der Waals surface area (Å²) < 4.78 is 49.2. The van der Waals surface area contributed by atoms with Gasteiger partial charge in [-0.3, -0.25) is 0 Å². The minimum atomic E-state index is -4.77. The molecule has 2 aromatic heterocycles. The highest BCUT2D eigenvalue weighted by Crippen LogP contribution is 2.38. The second kappa shape index (κ2) is 8.61. The van der Waals surface area contributed by atoms with Crippen molar-refractivity contribution in [1.82, 2.24) is 14.5 Å². The van der Waals surface area contributed by atoms with Gasteiger partial charge in [-0.2, -0.15) is 0 Å². The molecule has 29 heavy (non-hydrogen) atoms. The second-order valence-electron chi connectivity index (χ2n) is 6.67. The maximum absolute atomic E-state index is 12.5. The van der Waals surface area contributed by atoms with Gasteiger partial charge in [0.25, 0.3) is 0 Å². The van der Waals surface area contributed by atoms with Crippen molar-refractivity contribution in [2.24, 2.45) is 7.05 Å². The van der Waals surface area contributed by atoms with E-state index in [1.165, 1.54) is 25.3 Å². The number of rotatable bonds is 7. The van der Waals surface area contributed by atoms with Crippen LogP contribution >= 0.6 is 15.9 Å². The molecule has 5 nitrogen and oxygen atoms in total. The molecule has 0 aliphatic heterocycles. The lowest BCUT2D eigenvalue weighted by Crippen LogP contribution is -2.17. The van der Waals surface area contributed by atoms with Crippen LogP contribution in [0.3, 0.4) is 0 Å². The Morgan fingerprint density at radius 2 is 1.93 bits per heavy atom. The first-order valence-electron chi connectivity index (χ1n) is 9.19. The number of aryl methyl sites for hydroxylation is 2. The zero-order valence-corrected chi connectivity index (χ0v) is 17.9. The maximum atomic E-state index is 12.5. The summed E-state index contributed by atoms with van der Waals surface area (Å²) in [6.45, 7) is 2.16. The number of unbranched alkanes of at least 4 members (excludes halogenated alkanes) is 2. The van der Waals surface area contributed by atoms with Crippen molar-refractivity contribution in [1.29, 1.82) is 0 Å². The van der Waals surface area contributed by atoms with Gasteiger partial charge in [-0.1, -0.05) is 19.8 Å². The van der Waals surface area contributed by atoms with Crippen LogP contribution < -0.4 is 9.47 Å². The monoisotopic (exact) mass is 471 g/mol. The number of aromatic nitrogens is 3. The summed E-state index contributed by atoms with van der Waals surface area (Å²) in [4.78, 5) is 9.39. The normalized spacial score (nSPS) is 11.8. The molecule has 1 aromatic carbocycles. The first-order chi connectivity index (χ1) is 13.7. The number of nitrogens with zero attached hydrogens (tertiary/aromatic N) is 3. The largest absolute Gasteiger partial charge is 0.573 e. The molecule has 3 aromatic rings. The Balaban J connectivity index is 2.03. The van der Waals surface area contributed by atoms with Crippen molar-refractivity contribution in [2.45, 2.75) is 39.0 Å². The number of benzene rings is 1. The molecule has 3 rings (SSSR count). The Labute approximate surface area is 175 Å². The SMILES string of the molecule is CCCCCc1cn(C)c2nc(-c3ccc(OC(F)(F)F)cc3OC)c(Br)nc12. The van der Waals surface area contributed by atoms with Crippen LogP contribution in [0.4, 0.5) is 13.2 Å². The zero-order valence-electron chi connectivity index (χ0n) is 16.3. The van der Waals surface area contributed by atoms with Gasteiger partial charge in [-0.15, -0.1) is 13.2 Å². The fourth-order valence-corrected chi connectivity index (χ4v) is 3.69. The molecular formula is C20H21BrF3N3O2. The predicted octanol–water partition coefficient (Wildman–Crippen LogP) is 6.04. The van der Waals surface area contributed by atoms with E-state index in [0.717, 1.165) is 36.8 Å². The van der Waals surface area contributed by atoms with Gasteiger partial charge in [0.05, 0.1) is 7.11 Å². The standard InChI is InChI=1S/C20H21BrF3N3O2/c1-4-5-6-7-12-11-27(2)19-16(12)25-18(21)17(26-19)14-9-8-13(10-15(14)28-3)29-20(22,23)24/h8-11H,4-7H2,1-3H3. The van der Waals surface area contributed by atoms with Crippen molar-refractivity contribution in [2.75, 3.05) is 7.11 Å². The molecule has 156 valence electrons. The van der Waals surface area contributed by atoms with Crippen LogP contribution in [0.1, 0.15) is 31.7 Å². The maximum Gasteiger partial charge on any atom is 0.573 e. The van der Waals surface area contributed by atoms with Gasteiger partial charge in [0, 0.05) is 24.9 Å². The number of ether oxygens (including phenoxy) is 2. The first kappa shape index (κ1) is 21.4. The number of fused-ring (bicyclic) bond motifs is 1. The molecule has 0 radical (unpaired) electrons. The summed E-state index contributed by atoms with van der Waals surface area (Å²) in [5.74, 6) is -0.154. The van der Waals surface area contributed by atoms with Gasteiger partial charge in [0.1, 0.15) is 27.3 Å². The van der Waals surface area contributed by atoms with E-state index in [4.69, 9.17) is 9.72 Å². The van der Waals surface area contributed by atoms with Crippen LogP contribution in [0.15, 0.2) is 29.0 Å². The molecule has 0 saturated carbocycles. The molecule has 0 unspecified atom stereocenters. The van der Waals surface area contributed by atoms with Crippen molar-refractivity contribution >= 4 is 27.1 Å². The molecule has 0 aliphatic carbocycles. The Bertz CT molecular complexity index is 1020. The Morgan fingerprint density at radius 1 is 1.17 bits per heavy atom. The first-order valence-corrected chi connectivity index (χ1v) is 9.98. The third-order valence-electron chi connectivity index (χ3n) is 4.53. The van der Waals surface area contributed by atoms with Crippen LogP contribution in [0.5, 0.6) is 11.5 Å². The molecule has 0 spiro atoms. The molecule has 2 heterocycles. The highest BCUT2D eigenvalue weighted by molar-refractivity contribution is 9.10. The molecule has 0 fully saturated rings. The third-order valence-corrected chi connectivity index (χ3v) is 5.09. The van der Waals surface area contributed by atoms with Gasteiger partial charge >= 0.3 is 6.36 Å². The van der Waals surface area contributed by atoms with Gasteiger partial charge < -0.3 is 14.0 Å². The number of methoxy groups -OCH3 is 1. The summed E-state index contributed by atoms with van der Waals surface area (Å²) in [6, 6.07) is 3.89. The fraction of sp³-hybridized carbons (Fsp3) is 0.400. The van der Waals surface area contributed by atoms with Gasteiger partial charge in [-0.25, -0.2) is 9.97 Å². The fourth-order valence-electron chi connectivity index (χ4n) is 3.21. The van der Waals surface area contributed by atoms with Crippen LogP contribution in [-0.4, -0.2) is 28.0 Å². The zero-order chi connectivity index (χ0) is 21.2. The second-order valence-corrected chi connectivity index (χ2v) is 7.42. The molecule has 0 saturated heterocycles. The van der Waals surface area contributed by atoms with E-state index >= 15 is 0 Å². The van der Waals surface area contributed by atoms with E-state index in [0.29, 0.717) is 21.5 Å². The molecule has 0 bridgehead atoms. The lowest BCUT2D eigenvalue weighted by atomic mass is 10.1. The molecule has 0 N–H and O–H groups in total. The number of hydrogen-bond acceptors (Lipinski definition) is 4. The molecule has 9 heteroatoms. The smallest absolute Gasteiger partial charge is 0.496 e. The van der Waals surface area contributed by atoms with Crippen LogP contribution in [0, 0.1) is 0 Å². The summed E-state index contributed by atoms with van der Waals surface area (Å²) in [7, 11) is 3.28. The Hall–Kier alpha value is -2.29. The third kappa shape index (κ3) is 4.83. The van der Waals surface area contributed by atoms with E-state index in [9.17, 15) is 13.2 Å². The summed E-state index contributed by atoms with van der Waals surface area (Å²) in [6.07, 6.45) is 1.52. The molecular weight excluding hydrogens is 451 g/mol. The van der Waals surface area contributed by atoms with Crippen LogP contribution in [0.2, 0.25) is 0 Å². The lowest BCUT2D eigenvalue weighted by Gasteiger charge is -2.13. The number of alkyl halides is 3. The van der Waals surface area contributed by atoms with E-state index in [2.05, 4.69) is 32.6 Å². The van der Waals surface area contributed by atoms with Crippen LogP contribution in [0.25, 0.3) is 22.4 Å². The van der Waals surface area contributed by atoms with E-state index < -0.39 is 6.36 Å². The van der Waals surface area contributed by atoms with Crippen molar-refractivity contribution < 1.29 is 22.6 Å². The molecule has 0 atom stereocenters. The van der Waals surface area contributed by atoms with Crippen molar-refractivity contribution in [3.63, 3.8) is 0 Å². The average Bonchev–Trinajstić information content (AvgIpc) is 2.95. The average molecular weight is 472 g/mol. The summed E-state index contributed by atoms with van der Waals surface area (Å²) in [5, 5.41) is 0. The number of halogens is 4. The molecule has 0 amide bonds. The Kier molecular flexibility index (Phi) is 6.36. The van der Waals surface area contributed by atoms with E-state index in [1.54, 1.807) is 0 Å². The minimum Gasteiger partial charge on any atom is -0.496 e. The van der Waals surface area contributed by atoms with Gasteiger partial charge in [-0.05, 0) is 46.5 Å². The van der Waals surface area contributed by atoms with E-state index in [1.807, 2.05) is 17.8 Å². The van der Waals surface area contributed by atoms with Crippen molar-refractivity contribution in [3.8, 4) is 22.8 Å². The number of hydrogen-bond donors (Lipinski definition) is 0. The van der Waals surface area contributed by atoms with Gasteiger partial charge in [0.2, 0.25) is 0 Å². The minimum absolute atomic E-state index is 0.207. The quantitative estimate of drug-likeness (QED) is 0.394. The summed E-state index contributed by atoms with van der Waals surface area (Å²) >= 11 is 3.46.